The van der Waals surface area contributed by atoms with Crippen molar-refractivity contribution in [1.82, 2.24) is 5.32 Å². The lowest BCUT2D eigenvalue weighted by atomic mass is 10.2. The molecule has 0 radical (unpaired) electrons. The highest BCUT2D eigenvalue weighted by molar-refractivity contribution is 7.99. The smallest absolute Gasteiger partial charge is 0.106 e. The van der Waals surface area contributed by atoms with Gasteiger partial charge in [0.25, 0.3) is 0 Å². The van der Waals surface area contributed by atoms with Crippen LogP contribution in [0.4, 0.5) is 0 Å². The van der Waals surface area contributed by atoms with Gasteiger partial charge in [-0.1, -0.05) is 60.7 Å². The quantitative estimate of drug-likeness (QED) is 0.506. The van der Waals surface area contributed by atoms with E-state index in [0.29, 0.717) is 0 Å². The lowest BCUT2D eigenvalue weighted by molar-refractivity contribution is 0.993. The zero-order chi connectivity index (χ0) is 12.6. The molecule has 3 heteroatoms. The van der Waals surface area contributed by atoms with Crippen LogP contribution in [0.3, 0.4) is 0 Å². The molecule has 1 N–H and O–H groups in total. The fourth-order valence-electron chi connectivity index (χ4n) is 1.54. The van der Waals surface area contributed by atoms with Crippen molar-refractivity contribution in [3.05, 3.63) is 66.2 Å². The van der Waals surface area contributed by atoms with Crippen LogP contribution in [0, 0.1) is 0 Å². The van der Waals surface area contributed by atoms with E-state index in [0.717, 1.165) is 22.8 Å². The fourth-order valence-corrected chi connectivity index (χ4v) is 2.57. The molecule has 0 amide bonds. The number of hydrogen-bond acceptors (Lipinski definition) is 2. The summed E-state index contributed by atoms with van der Waals surface area (Å²) in [5, 5.41) is 3.28. The minimum absolute atomic E-state index is 0.823. The summed E-state index contributed by atoms with van der Waals surface area (Å²) >= 11 is 7.17. The van der Waals surface area contributed by atoms with E-state index in [2.05, 4.69) is 29.6 Å². The molecule has 0 spiro atoms. The summed E-state index contributed by atoms with van der Waals surface area (Å²) in [4.78, 5) is 2.12. The van der Waals surface area contributed by atoms with Crippen LogP contribution in [0.2, 0.25) is 0 Å². The molecule has 0 unspecified atom stereocenters. The van der Waals surface area contributed by atoms with Crippen molar-refractivity contribution in [3.8, 4) is 0 Å². The average molecular weight is 273 g/mol. The van der Waals surface area contributed by atoms with Crippen LogP contribution in [0.5, 0.6) is 0 Å². The van der Waals surface area contributed by atoms with Crippen LogP contribution in [-0.2, 0) is 0 Å². The number of nitrogens with one attached hydrogen (secondary N) is 1. The first-order valence-corrected chi connectivity index (χ1v) is 7.27. The maximum atomic E-state index is 5.33. The third kappa shape index (κ3) is 4.17. The first-order valence-electron chi connectivity index (χ1n) is 5.87. The molecule has 18 heavy (non-hydrogen) atoms. The number of hydrogen-bond donors (Lipinski definition) is 1. The first-order chi connectivity index (χ1) is 8.86. The molecule has 0 bridgehead atoms. The lowest BCUT2D eigenvalue weighted by Crippen LogP contribution is -2.24. The van der Waals surface area contributed by atoms with E-state index < -0.39 is 0 Å². The molecule has 0 fully saturated rings. The van der Waals surface area contributed by atoms with Gasteiger partial charge in [0.1, 0.15) is 4.99 Å². The second kappa shape index (κ2) is 7.19. The van der Waals surface area contributed by atoms with Crippen LogP contribution in [0.1, 0.15) is 5.56 Å². The minimum atomic E-state index is 0.823. The molecule has 2 aromatic rings. The highest BCUT2D eigenvalue weighted by atomic mass is 32.2. The van der Waals surface area contributed by atoms with Gasteiger partial charge in [0, 0.05) is 22.8 Å². The molecule has 2 rings (SSSR count). The van der Waals surface area contributed by atoms with Gasteiger partial charge >= 0.3 is 0 Å². The Labute approximate surface area is 118 Å². The lowest BCUT2D eigenvalue weighted by Gasteiger charge is -2.07. The number of benzene rings is 2. The zero-order valence-corrected chi connectivity index (χ0v) is 11.6. The van der Waals surface area contributed by atoms with E-state index in [-0.39, 0.29) is 0 Å². The maximum Gasteiger partial charge on any atom is 0.106 e. The summed E-state index contributed by atoms with van der Waals surface area (Å²) in [5.74, 6) is 1.01. The summed E-state index contributed by atoms with van der Waals surface area (Å²) in [6.07, 6.45) is 0. The van der Waals surface area contributed by atoms with Crippen LogP contribution < -0.4 is 5.32 Å². The van der Waals surface area contributed by atoms with Gasteiger partial charge in [-0.05, 0) is 12.1 Å². The molecule has 0 aliphatic rings. The van der Waals surface area contributed by atoms with Gasteiger partial charge < -0.3 is 5.32 Å². The Hall–Kier alpha value is -1.32. The summed E-state index contributed by atoms with van der Waals surface area (Å²) in [6, 6.07) is 20.5. The van der Waals surface area contributed by atoms with Gasteiger partial charge in [0.05, 0.1) is 0 Å². The Kier molecular flexibility index (Phi) is 5.24. The van der Waals surface area contributed by atoms with Crippen LogP contribution >= 0.6 is 24.0 Å². The second-order valence-corrected chi connectivity index (χ2v) is 5.36. The SMILES string of the molecule is S=C(NCCSc1ccccc1)c1ccccc1. The molecule has 0 aliphatic heterocycles. The Morgan fingerprint density at radius 1 is 0.944 bits per heavy atom. The second-order valence-electron chi connectivity index (χ2n) is 3.78. The Morgan fingerprint density at radius 2 is 1.56 bits per heavy atom. The molecule has 1 nitrogen and oxygen atoms in total. The molecular weight excluding hydrogens is 258 g/mol. The van der Waals surface area contributed by atoms with Gasteiger partial charge in [-0.3, -0.25) is 0 Å². The molecule has 92 valence electrons. The van der Waals surface area contributed by atoms with Crippen molar-refractivity contribution >= 4 is 29.0 Å². The van der Waals surface area contributed by atoms with Crippen LogP contribution in [0.25, 0.3) is 0 Å². The molecule has 0 saturated heterocycles. The Balaban J connectivity index is 1.72. The van der Waals surface area contributed by atoms with Crippen molar-refractivity contribution in [1.29, 1.82) is 0 Å². The van der Waals surface area contributed by atoms with Crippen molar-refractivity contribution in [2.45, 2.75) is 4.90 Å². The van der Waals surface area contributed by atoms with Crippen molar-refractivity contribution in [2.24, 2.45) is 0 Å². The fraction of sp³-hybridized carbons (Fsp3) is 0.133. The van der Waals surface area contributed by atoms with Gasteiger partial charge in [0.2, 0.25) is 0 Å². The minimum Gasteiger partial charge on any atom is -0.375 e. The van der Waals surface area contributed by atoms with Crippen molar-refractivity contribution < 1.29 is 0 Å². The Bertz CT molecular complexity index is 482. The molecule has 0 aliphatic carbocycles. The molecule has 2 aromatic carbocycles. The predicted octanol–water partition coefficient (Wildman–Crippen LogP) is 3.74. The normalized spacial score (nSPS) is 10.0. The van der Waals surface area contributed by atoms with E-state index in [1.165, 1.54) is 4.90 Å². The molecule has 0 atom stereocenters. The van der Waals surface area contributed by atoms with Crippen molar-refractivity contribution in [2.75, 3.05) is 12.3 Å². The maximum absolute atomic E-state index is 5.33. The standard InChI is InChI=1S/C15H15NS2/c17-15(13-7-3-1-4-8-13)16-11-12-18-14-9-5-2-6-10-14/h1-10H,11-12H2,(H,16,17). The van der Waals surface area contributed by atoms with E-state index in [1.807, 2.05) is 48.2 Å². The monoisotopic (exact) mass is 273 g/mol. The average Bonchev–Trinajstić information content (AvgIpc) is 2.45. The summed E-state index contributed by atoms with van der Waals surface area (Å²) in [5.41, 5.74) is 1.08. The van der Waals surface area contributed by atoms with E-state index >= 15 is 0 Å². The van der Waals surface area contributed by atoms with E-state index in [1.54, 1.807) is 0 Å². The molecule has 0 heterocycles. The summed E-state index contributed by atoms with van der Waals surface area (Å²) < 4.78 is 0. The van der Waals surface area contributed by atoms with Crippen molar-refractivity contribution in [3.63, 3.8) is 0 Å². The zero-order valence-electron chi connectivity index (χ0n) is 10.0. The molecule has 0 saturated carbocycles. The largest absolute Gasteiger partial charge is 0.375 e. The Morgan fingerprint density at radius 3 is 2.22 bits per heavy atom. The highest BCUT2D eigenvalue weighted by Gasteiger charge is 1.98. The van der Waals surface area contributed by atoms with E-state index in [9.17, 15) is 0 Å². The third-order valence-corrected chi connectivity index (χ3v) is 3.83. The topological polar surface area (TPSA) is 12.0 Å². The van der Waals surface area contributed by atoms with Crippen LogP contribution in [-0.4, -0.2) is 17.3 Å². The summed E-state index contributed by atoms with van der Waals surface area (Å²) in [6.45, 7) is 0.882. The van der Waals surface area contributed by atoms with E-state index in [4.69, 9.17) is 12.2 Å². The van der Waals surface area contributed by atoms with Crippen LogP contribution in [0.15, 0.2) is 65.6 Å². The third-order valence-electron chi connectivity index (χ3n) is 2.44. The first kappa shape index (κ1) is 13.1. The van der Waals surface area contributed by atoms with Gasteiger partial charge in [-0.2, -0.15) is 0 Å². The number of thiocarbonyl (C=S) groups is 1. The number of rotatable bonds is 5. The van der Waals surface area contributed by atoms with Gasteiger partial charge in [0.15, 0.2) is 0 Å². The highest BCUT2D eigenvalue weighted by Crippen LogP contribution is 2.15. The van der Waals surface area contributed by atoms with Gasteiger partial charge in [-0.15, -0.1) is 11.8 Å². The molecule has 0 aromatic heterocycles. The molecular formula is C15H15NS2. The number of thioether (sulfide) groups is 1. The van der Waals surface area contributed by atoms with Gasteiger partial charge in [-0.25, -0.2) is 0 Å². The summed E-state index contributed by atoms with van der Waals surface area (Å²) in [7, 11) is 0. The predicted molar refractivity (Wildman–Crippen MR) is 83.3 cm³/mol.